The fourth-order valence-corrected chi connectivity index (χ4v) is 3.14. The molecule has 0 spiro atoms. The van der Waals surface area contributed by atoms with Gasteiger partial charge in [-0.2, -0.15) is 0 Å². The molecule has 0 radical (unpaired) electrons. The van der Waals surface area contributed by atoms with Crippen LogP contribution in [0.15, 0.2) is 24.3 Å². The van der Waals surface area contributed by atoms with Crippen LogP contribution in [0.4, 0.5) is 0 Å². The Morgan fingerprint density at radius 1 is 1.33 bits per heavy atom. The number of nitrogens with zero attached hydrogens (tertiary/aromatic N) is 1. The first-order valence-corrected chi connectivity index (χ1v) is 8.09. The van der Waals surface area contributed by atoms with Crippen molar-refractivity contribution in [3.8, 4) is 5.75 Å². The van der Waals surface area contributed by atoms with Crippen molar-refractivity contribution in [2.45, 2.75) is 51.6 Å². The fourth-order valence-electron chi connectivity index (χ4n) is 3.14. The van der Waals surface area contributed by atoms with E-state index < -0.39 is 0 Å². The lowest BCUT2D eigenvalue weighted by Crippen LogP contribution is -2.55. The van der Waals surface area contributed by atoms with Crippen molar-refractivity contribution in [3.63, 3.8) is 0 Å². The molecule has 3 heteroatoms. The van der Waals surface area contributed by atoms with Gasteiger partial charge in [0.05, 0.1) is 7.11 Å². The van der Waals surface area contributed by atoms with Gasteiger partial charge in [-0.25, -0.2) is 0 Å². The Balaban J connectivity index is 2.22. The highest BCUT2D eigenvalue weighted by Gasteiger charge is 2.40. The molecule has 1 aromatic rings. The Kier molecular flexibility index (Phi) is 5.28. The van der Waals surface area contributed by atoms with E-state index in [2.05, 4.69) is 37.8 Å². The van der Waals surface area contributed by atoms with Crippen molar-refractivity contribution in [1.82, 2.24) is 4.90 Å². The molecule has 1 fully saturated rings. The molecule has 1 unspecified atom stereocenters. The number of rotatable bonds is 8. The number of hydrogen-bond donors (Lipinski definition) is 1. The van der Waals surface area contributed by atoms with Gasteiger partial charge in [0.15, 0.2) is 0 Å². The third kappa shape index (κ3) is 3.98. The molecule has 2 rings (SSSR count). The highest BCUT2D eigenvalue weighted by Crippen LogP contribution is 2.36. The number of benzene rings is 1. The van der Waals surface area contributed by atoms with Gasteiger partial charge < -0.3 is 10.5 Å². The van der Waals surface area contributed by atoms with Crippen LogP contribution in [-0.4, -0.2) is 36.7 Å². The second kappa shape index (κ2) is 6.80. The molecule has 0 saturated heterocycles. The van der Waals surface area contributed by atoms with E-state index in [0.29, 0.717) is 12.5 Å². The van der Waals surface area contributed by atoms with Gasteiger partial charge in [0.25, 0.3) is 0 Å². The quantitative estimate of drug-likeness (QED) is 0.799. The highest BCUT2D eigenvalue weighted by atomic mass is 16.5. The van der Waals surface area contributed by atoms with E-state index in [1.165, 1.54) is 18.4 Å². The highest BCUT2D eigenvalue weighted by molar-refractivity contribution is 5.34. The molecule has 0 heterocycles. The van der Waals surface area contributed by atoms with Crippen molar-refractivity contribution in [1.29, 1.82) is 0 Å². The topological polar surface area (TPSA) is 38.5 Å². The molecular weight excluding hydrogens is 260 g/mol. The smallest absolute Gasteiger partial charge is 0.122 e. The van der Waals surface area contributed by atoms with Crippen molar-refractivity contribution in [3.05, 3.63) is 29.8 Å². The summed E-state index contributed by atoms with van der Waals surface area (Å²) in [5.41, 5.74) is 7.46. The molecule has 2 N–H and O–H groups in total. The summed E-state index contributed by atoms with van der Waals surface area (Å²) >= 11 is 0. The molecule has 0 amide bonds. The van der Waals surface area contributed by atoms with Crippen LogP contribution >= 0.6 is 0 Å². The number of hydrogen-bond acceptors (Lipinski definition) is 3. The molecule has 0 bridgehead atoms. The summed E-state index contributed by atoms with van der Waals surface area (Å²) in [4.78, 5) is 2.64. The number of para-hydroxylation sites is 1. The maximum absolute atomic E-state index is 6.21. The van der Waals surface area contributed by atoms with Crippen LogP contribution < -0.4 is 10.5 Å². The molecule has 0 aliphatic heterocycles. The monoisotopic (exact) mass is 290 g/mol. The minimum Gasteiger partial charge on any atom is -0.496 e. The molecule has 1 aromatic carbocycles. The summed E-state index contributed by atoms with van der Waals surface area (Å²) in [6, 6.07) is 9.02. The second-order valence-electron chi connectivity index (χ2n) is 6.97. The molecule has 3 nitrogen and oxygen atoms in total. The summed E-state index contributed by atoms with van der Waals surface area (Å²) in [5, 5.41) is 0. The minimum atomic E-state index is 0.0000694. The molecule has 1 aliphatic rings. The van der Waals surface area contributed by atoms with Gasteiger partial charge in [-0.1, -0.05) is 32.0 Å². The maximum Gasteiger partial charge on any atom is 0.122 e. The Hall–Kier alpha value is -1.06. The standard InChI is InChI=1S/C18H30N2O/c1-14(2)12-20(16-9-10-16)18(3,13-19)11-15-7-5-6-8-17(15)21-4/h5-8,14,16H,9-13,19H2,1-4H3. The zero-order valence-corrected chi connectivity index (χ0v) is 13.9. The molecule has 0 aromatic heterocycles. The number of methoxy groups -OCH3 is 1. The average Bonchev–Trinajstić information content (AvgIpc) is 3.29. The second-order valence-corrected chi connectivity index (χ2v) is 6.97. The van der Waals surface area contributed by atoms with E-state index in [0.717, 1.165) is 24.8 Å². The van der Waals surface area contributed by atoms with E-state index in [9.17, 15) is 0 Å². The normalized spacial score (nSPS) is 18.0. The number of nitrogens with two attached hydrogens (primary N) is 1. The zero-order valence-electron chi connectivity index (χ0n) is 13.9. The van der Waals surface area contributed by atoms with Gasteiger partial charge in [-0.3, -0.25) is 4.90 Å². The molecule has 21 heavy (non-hydrogen) atoms. The van der Waals surface area contributed by atoms with Gasteiger partial charge in [-0.15, -0.1) is 0 Å². The van der Waals surface area contributed by atoms with E-state index in [-0.39, 0.29) is 5.54 Å². The largest absolute Gasteiger partial charge is 0.496 e. The van der Waals surface area contributed by atoms with E-state index in [1.54, 1.807) is 7.11 Å². The predicted molar refractivity (Wildman–Crippen MR) is 88.7 cm³/mol. The lowest BCUT2D eigenvalue weighted by atomic mass is 9.89. The van der Waals surface area contributed by atoms with E-state index in [4.69, 9.17) is 10.5 Å². The Bertz CT molecular complexity index is 456. The third-order valence-corrected chi connectivity index (χ3v) is 4.45. The Morgan fingerprint density at radius 2 is 2.00 bits per heavy atom. The van der Waals surface area contributed by atoms with E-state index in [1.807, 2.05) is 12.1 Å². The Morgan fingerprint density at radius 3 is 2.52 bits per heavy atom. The molecule has 1 saturated carbocycles. The van der Waals surface area contributed by atoms with Crippen LogP contribution in [0.1, 0.15) is 39.2 Å². The molecular formula is C18H30N2O. The van der Waals surface area contributed by atoms with Gasteiger partial charge in [-0.05, 0) is 43.7 Å². The predicted octanol–water partition coefficient (Wildman–Crippen LogP) is 3.08. The first kappa shape index (κ1) is 16.3. The van der Waals surface area contributed by atoms with Crippen molar-refractivity contribution >= 4 is 0 Å². The summed E-state index contributed by atoms with van der Waals surface area (Å²) in [7, 11) is 1.74. The summed E-state index contributed by atoms with van der Waals surface area (Å²) in [6.45, 7) is 8.67. The first-order chi connectivity index (χ1) is 10.00. The lowest BCUT2D eigenvalue weighted by molar-refractivity contribution is 0.0857. The Labute approximate surface area is 129 Å². The zero-order chi connectivity index (χ0) is 15.5. The SMILES string of the molecule is COc1ccccc1CC(C)(CN)N(CC(C)C)C1CC1. The molecule has 1 aliphatic carbocycles. The number of ether oxygens (including phenoxy) is 1. The van der Waals surface area contributed by atoms with E-state index >= 15 is 0 Å². The van der Waals surface area contributed by atoms with Gasteiger partial charge in [0.2, 0.25) is 0 Å². The third-order valence-electron chi connectivity index (χ3n) is 4.45. The van der Waals surface area contributed by atoms with Crippen LogP contribution in [0.25, 0.3) is 0 Å². The van der Waals surface area contributed by atoms with Crippen LogP contribution in [0, 0.1) is 5.92 Å². The minimum absolute atomic E-state index is 0.0000694. The van der Waals surface area contributed by atoms with Crippen molar-refractivity contribution in [2.24, 2.45) is 11.7 Å². The van der Waals surface area contributed by atoms with Gasteiger partial charge >= 0.3 is 0 Å². The van der Waals surface area contributed by atoms with Gasteiger partial charge in [0.1, 0.15) is 5.75 Å². The van der Waals surface area contributed by atoms with Crippen LogP contribution in [0.2, 0.25) is 0 Å². The first-order valence-electron chi connectivity index (χ1n) is 8.09. The lowest BCUT2D eigenvalue weighted by Gasteiger charge is -2.42. The van der Waals surface area contributed by atoms with Crippen molar-refractivity contribution in [2.75, 3.05) is 20.2 Å². The van der Waals surface area contributed by atoms with Crippen LogP contribution in [0.5, 0.6) is 5.75 Å². The molecule has 118 valence electrons. The fraction of sp³-hybridized carbons (Fsp3) is 0.667. The maximum atomic E-state index is 6.21. The summed E-state index contributed by atoms with van der Waals surface area (Å²) in [6.07, 6.45) is 3.57. The van der Waals surface area contributed by atoms with Gasteiger partial charge in [0, 0.05) is 24.7 Å². The van der Waals surface area contributed by atoms with Crippen LogP contribution in [0.3, 0.4) is 0 Å². The van der Waals surface area contributed by atoms with Crippen molar-refractivity contribution < 1.29 is 4.74 Å². The van der Waals surface area contributed by atoms with Crippen LogP contribution in [-0.2, 0) is 6.42 Å². The summed E-state index contributed by atoms with van der Waals surface area (Å²) in [5.74, 6) is 1.63. The molecule has 1 atom stereocenters. The average molecular weight is 290 g/mol. The summed E-state index contributed by atoms with van der Waals surface area (Å²) < 4.78 is 5.51.